The van der Waals surface area contributed by atoms with Gasteiger partial charge in [-0.05, 0) is 6.92 Å². The summed E-state index contributed by atoms with van der Waals surface area (Å²) >= 11 is 0. The topological polar surface area (TPSA) is 130 Å². The van der Waals surface area contributed by atoms with Crippen LogP contribution in [0.25, 0.3) is 0 Å². The molecule has 0 fully saturated rings. The number of sulfonamides is 1. The molecule has 0 aliphatic carbocycles. The number of ether oxygens (including phenoxy) is 1. The molecule has 1 aromatic rings. The summed E-state index contributed by atoms with van der Waals surface area (Å²) in [5.74, 6) is -2.65. The van der Waals surface area contributed by atoms with Crippen molar-refractivity contribution in [2.75, 3.05) is 20.7 Å². The lowest BCUT2D eigenvalue weighted by Crippen LogP contribution is -2.35. The van der Waals surface area contributed by atoms with Gasteiger partial charge in [-0.3, -0.25) is 9.89 Å². The Morgan fingerprint density at radius 1 is 1.48 bits per heavy atom. The van der Waals surface area contributed by atoms with Crippen LogP contribution in [0.1, 0.15) is 23.0 Å². The average molecular weight is 319 g/mol. The molecule has 1 rings (SSSR count). The number of hydrogen-bond acceptors (Lipinski definition) is 6. The van der Waals surface area contributed by atoms with Crippen molar-refractivity contribution in [1.82, 2.24) is 14.5 Å². The Bertz CT molecular complexity index is 651. The van der Waals surface area contributed by atoms with Gasteiger partial charge in [-0.15, -0.1) is 0 Å². The summed E-state index contributed by atoms with van der Waals surface area (Å²) < 4.78 is 30.1. The number of methoxy groups -OCH3 is 1. The van der Waals surface area contributed by atoms with Crippen LogP contribution in [0.5, 0.6) is 0 Å². The molecule has 0 radical (unpaired) electrons. The molecule has 0 bridgehead atoms. The van der Waals surface area contributed by atoms with Gasteiger partial charge in [0.05, 0.1) is 13.0 Å². The van der Waals surface area contributed by atoms with E-state index in [0.29, 0.717) is 0 Å². The van der Waals surface area contributed by atoms with E-state index in [-0.39, 0.29) is 12.2 Å². The number of carboxylic acids is 1. The van der Waals surface area contributed by atoms with Gasteiger partial charge >= 0.3 is 11.9 Å². The number of aromatic nitrogens is 2. The summed E-state index contributed by atoms with van der Waals surface area (Å²) in [6.07, 6.45) is 0. The molecule has 0 aliphatic heterocycles. The third kappa shape index (κ3) is 3.39. The van der Waals surface area contributed by atoms with Crippen molar-refractivity contribution in [3.05, 3.63) is 11.3 Å². The van der Waals surface area contributed by atoms with Crippen molar-refractivity contribution >= 4 is 22.0 Å². The zero-order valence-electron chi connectivity index (χ0n) is 12.1. The molecule has 118 valence electrons. The number of nitrogens with one attached hydrogen (secondary N) is 1. The Hall–Kier alpha value is -1.94. The van der Waals surface area contributed by atoms with E-state index in [0.717, 1.165) is 4.31 Å². The molecular weight excluding hydrogens is 302 g/mol. The summed E-state index contributed by atoms with van der Waals surface area (Å²) in [5.41, 5.74) is -0.275. The molecular formula is C11H17N3O6S. The third-order valence-corrected chi connectivity index (χ3v) is 4.67. The van der Waals surface area contributed by atoms with Crippen LogP contribution < -0.4 is 0 Å². The van der Waals surface area contributed by atoms with E-state index in [1.54, 1.807) is 0 Å². The third-order valence-electron chi connectivity index (χ3n) is 2.92. The van der Waals surface area contributed by atoms with Crippen molar-refractivity contribution in [2.24, 2.45) is 5.92 Å². The van der Waals surface area contributed by atoms with Crippen LogP contribution in [0.4, 0.5) is 0 Å². The van der Waals surface area contributed by atoms with Crippen molar-refractivity contribution in [2.45, 2.75) is 18.9 Å². The van der Waals surface area contributed by atoms with Crippen LogP contribution in [0.15, 0.2) is 5.03 Å². The summed E-state index contributed by atoms with van der Waals surface area (Å²) in [7, 11) is -1.69. The number of aromatic amines is 1. The average Bonchev–Trinajstić information content (AvgIpc) is 2.80. The van der Waals surface area contributed by atoms with Gasteiger partial charge in [0.25, 0.3) is 10.0 Å². The molecule has 2 N–H and O–H groups in total. The highest BCUT2D eigenvalue weighted by Gasteiger charge is 2.33. The lowest BCUT2D eigenvalue weighted by Gasteiger charge is -2.19. The van der Waals surface area contributed by atoms with Gasteiger partial charge < -0.3 is 9.84 Å². The number of nitrogens with zero attached hydrogens (tertiary/aromatic N) is 2. The van der Waals surface area contributed by atoms with Gasteiger partial charge in [0.2, 0.25) is 5.03 Å². The smallest absolute Gasteiger partial charge is 0.340 e. The standard InChI is InChI=1S/C11H17N3O6S/c1-6(11(17)20-4)5-14(3)21(18,19)9-8(10(15)16)7(2)12-13-9/h6H,5H2,1-4H3,(H,12,13)(H,15,16). The summed E-state index contributed by atoms with van der Waals surface area (Å²) in [5, 5.41) is 14.4. The molecule has 0 spiro atoms. The molecule has 0 amide bonds. The van der Waals surface area contributed by atoms with E-state index in [2.05, 4.69) is 14.9 Å². The van der Waals surface area contributed by atoms with Crippen LogP contribution in [0.3, 0.4) is 0 Å². The first-order valence-electron chi connectivity index (χ1n) is 5.95. The predicted octanol–water partition coefficient (Wildman–Crippen LogP) is -0.154. The lowest BCUT2D eigenvalue weighted by atomic mass is 10.2. The number of carbonyl (C=O) groups excluding carboxylic acids is 1. The Balaban J connectivity index is 3.12. The predicted molar refractivity (Wildman–Crippen MR) is 71.3 cm³/mol. The maximum Gasteiger partial charge on any atom is 0.340 e. The summed E-state index contributed by atoms with van der Waals surface area (Å²) in [6, 6.07) is 0. The Kier molecular flexibility index (Phi) is 5.07. The quantitative estimate of drug-likeness (QED) is 0.697. The first-order valence-corrected chi connectivity index (χ1v) is 7.39. The number of H-pyrrole nitrogens is 1. The Morgan fingerprint density at radius 3 is 2.52 bits per heavy atom. The second kappa shape index (κ2) is 6.22. The van der Waals surface area contributed by atoms with Crippen molar-refractivity contribution < 1.29 is 27.9 Å². The summed E-state index contributed by atoms with van der Waals surface area (Å²) in [4.78, 5) is 22.5. The highest BCUT2D eigenvalue weighted by atomic mass is 32.2. The molecule has 1 heterocycles. The van der Waals surface area contributed by atoms with E-state index in [4.69, 9.17) is 5.11 Å². The molecule has 0 aliphatic rings. The van der Waals surface area contributed by atoms with Crippen LogP contribution in [0, 0.1) is 12.8 Å². The number of hydrogen-bond donors (Lipinski definition) is 2. The van der Waals surface area contributed by atoms with Gasteiger partial charge in [-0.1, -0.05) is 6.92 Å². The van der Waals surface area contributed by atoms with Crippen molar-refractivity contribution in [1.29, 1.82) is 0 Å². The van der Waals surface area contributed by atoms with Crippen molar-refractivity contribution in [3.63, 3.8) is 0 Å². The van der Waals surface area contributed by atoms with E-state index < -0.39 is 38.5 Å². The second-order valence-corrected chi connectivity index (χ2v) is 6.50. The van der Waals surface area contributed by atoms with Crippen LogP contribution in [0.2, 0.25) is 0 Å². The van der Waals surface area contributed by atoms with Crippen molar-refractivity contribution in [3.8, 4) is 0 Å². The first-order chi connectivity index (χ1) is 9.62. The summed E-state index contributed by atoms with van der Waals surface area (Å²) in [6.45, 7) is 2.76. The van der Waals surface area contributed by atoms with Gasteiger partial charge in [0.1, 0.15) is 5.56 Å². The van der Waals surface area contributed by atoms with E-state index >= 15 is 0 Å². The largest absolute Gasteiger partial charge is 0.478 e. The maximum absolute atomic E-state index is 12.3. The second-order valence-electron chi connectivity index (χ2n) is 4.54. The van der Waals surface area contributed by atoms with Gasteiger partial charge in [0.15, 0.2) is 0 Å². The monoisotopic (exact) mass is 319 g/mol. The fraction of sp³-hybridized carbons (Fsp3) is 0.545. The molecule has 10 heteroatoms. The van der Waals surface area contributed by atoms with E-state index in [1.807, 2.05) is 0 Å². The maximum atomic E-state index is 12.3. The first kappa shape index (κ1) is 17.1. The van der Waals surface area contributed by atoms with Crippen LogP contribution in [-0.4, -0.2) is 60.7 Å². The number of aryl methyl sites for hydroxylation is 1. The molecule has 1 atom stereocenters. The van der Waals surface area contributed by atoms with E-state index in [1.165, 1.54) is 28.0 Å². The zero-order valence-corrected chi connectivity index (χ0v) is 12.9. The van der Waals surface area contributed by atoms with E-state index in [9.17, 15) is 18.0 Å². The number of carboxylic acid groups (broad SMARTS) is 1. The van der Waals surface area contributed by atoms with Gasteiger partial charge in [-0.25, -0.2) is 13.2 Å². The van der Waals surface area contributed by atoms with Gasteiger partial charge in [0, 0.05) is 19.3 Å². The minimum Gasteiger partial charge on any atom is -0.478 e. The minimum absolute atomic E-state index is 0.135. The number of esters is 1. The highest BCUT2D eigenvalue weighted by Crippen LogP contribution is 2.20. The highest BCUT2D eigenvalue weighted by molar-refractivity contribution is 7.89. The number of rotatable bonds is 6. The lowest BCUT2D eigenvalue weighted by molar-refractivity contribution is -0.144. The van der Waals surface area contributed by atoms with Gasteiger partial charge in [-0.2, -0.15) is 9.40 Å². The fourth-order valence-electron chi connectivity index (χ4n) is 1.75. The fourth-order valence-corrected chi connectivity index (χ4v) is 3.13. The Morgan fingerprint density at radius 2 is 2.05 bits per heavy atom. The zero-order chi connectivity index (χ0) is 16.4. The normalized spacial score (nSPS) is 13.2. The molecule has 1 unspecified atom stereocenters. The number of carbonyl (C=O) groups is 2. The molecule has 1 aromatic heterocycles. The molecule has 0 saturated heterocycles. The van der Waals surface area contributed by atoms with Crippen LogP contribution >= 0.6 is 0 Å². The molecule has 0 aromatic carbocycles. The van der Waals surface area contributed by atoms with Crippen LogP contribution in [-0.2, 0) is 19.6 Å². The SMILES string of the molecule is COC(=O)C(C)CN(C)S(=O)(=O)c1n[nH]c(C)c1C(=O)O. The minimum atomic E-state index is -4.13. The molecule has 21 heavy (non-hydrogen) atoms. The number of aromatic carboxylic acids is 1. The molecule has 9 nitrogen and oxygen atoms in total. The Labute approximate surface area is 121 Å². The molecule has 0 saturated carbocycles.